The Morgan fingerprint density at radius 3 is 2.65 bits per heavy atom. The van der Waals surface area contributed by atoms with Crippen molar-refractivity contribution in [3.63, 3.8) is 0 Å². The molecule has 2 rings (SSSR count). The third-order valence-corrected chi connectivity index (χ3v) is 4.79. The predicted octanol–water partition coefficient (Wildman–Crippen LogP) is 4.00. The summed E-state index contributed by atoms with van der Waals surface area (Å²) in [6, 6.07) is 9.95. The fraction of sp³-hybridized carbons (Fsp3) is 0.278. The molecule has 0 fully saturated rings. The van der Waals surface area contributed by atoms with E-state index in [0.29, 0.717) is 24.5 Å². The Morgan fingerprint density at radius 1 is 1.31 bits per heavy atom. The summed E-state index contributed by atoms with van der Waals surface area (Å²) >= 11 is 3.43. The number of nitrogens with zero attached hydrogens (tertiary/aromatic N) is 2. The summed E-state index contributed by atoms with van der Waals surface area (Å²) in [6.07, 6.45) is 0. The zero-order valence-electron chi connectivity index (χ0n) is 14.8. The molecule has 2 aromatic carbocycles. The van der Waals surface area contributed by atoms with Crippen molar-refractivity contribution in [1.82, 2.24) is 0 Å². The number of ether oxygens (including phenoxy) is 1. The maximum Gasteiger partial charge on any atom is 0.293 e. The van der Waals surface area contributed by atoms with Crippen LogP contribution in [-0.2, 0) is 4.74 Å². The number of carbonyl (C=O) groups excluding carboxylic acids is 1. The number of nitrogens with one attached hydrogen (secondary N) is 1. The number of nitro groups is 1. The van der Waals surface area contributed by atoms with Crippen LogP contribution in [0.2, 0.25) is 0 Å². The lowest BCUT2D eigenvalue weighted by atomic mass is 10.1. The van der Waals surface area contributed by atoms with E-state index in [2.05, 4.69) is 21.2 Å². The molecule has 138 valence electrons. The first-order valence-corrected chi connectivity index (χ1v) is 8.70. The van der Waals surface area contributed by atoms with E-state index in [-0.39, 0.29) is 17.2 Å². The van der Waals surface area contributed by atoms with Crippen LogP contribution in [0.4, 0.5) is 17.1 Å². The number of rotatable bonds is 7. The minimum absolute atomic E-state index is 0.146. The van der Waals surface area contributed by atoms with Crippen LogP contribution in [0.5, 0.6) is 0 Å². The molecule has 0 unspecified atom stereocenters. The van der Waals surface area contributed by atoms with Crippen molar-refractivity contribution >= 4 is 38.9 Å². The van der Waals surface area contributed by atoms with Crippen molar-refractivity contribution in [2.75, 3.05) is 37.5 Å². The molecular weight excluding hydrogens is 402 g/mol. The number of hydrogen-bond acceptors (Lipinski definition) is 5. The van der Waals surface area contributed by atoms with Gasteiger partial charge < -0.3 is 15.0 Å². The van der Waals surface area contributed by atoms with E-state index in [1.807, 2.05) is 25.1 Å². The maximum atomic E-state index is 12.7. The Labute approximate surface area is 160 Å². The molecule has 7 nitrogen and oxygen atoms in total. The second-order valence-electron chi connectivity index (χ2n) is 5.71. The van der Waals surface area contributed by atoms with E-state index in [4.69, 9.17) is 4.74 Å². The monoisotopic (exact) mass is 421 g/mol. The third-order valence-electron chi connectivity index (χ3n) is 3.90. The van der Waals surface area contributed by atoms with Gasteiger partial charge in [-0.05, 0) is 42.8 Å². The van der Waals surface area contributed by atoms with Crippen LogP contribution in [0, 0.1) is 17.0 Å². The molecule has 0 aromatic heterocycles. The van der Waals surface area contributed by atoms with E-state index in [1.54, 1.807) is 26.3 Å². The number of halogens is 1. The zero-order valence-corrected chi connectivity index (χ0v) is 16.4. The number of hydrogen-bond donors (Lipinski definition) is 1. The van der Waals surface area contributed by atoms with Gasteiger partial charge >= 0.3 is 0 Å². The molecule has 26 heavy (non-hydrogen) atoms. The van der Waals surface area contributed by atoms with Gasteiger partial charge in [0.15, 0.2) is 0 Å². The average Bonchev–Trinajstić information content (AvgIpc) is 2.63. The first-order valence-electron chi connectivity index (χ1n) is 7.90. The number of methoxy groups -OCH3 is 1. The van der Waals surface area contributed by atoms with Crippen LogP contribution in [0.25, 0.3) is 0 Å². The van der Waals surface area contributed by atoms with Gasteiger partial charge in [0.05, 0.1) is 11.5 Å². The van der Waals surface area contributed by atoms with Gasteiger partial charge in [0.25, 0.3) is 11.6 Å². The molecule has 0 aliphatic carbocycles. The Morgan fingerprint density at radius 2 is 2.04 bits per heavy atom. The van der Waals surface area contributed by atoms with Crippen LogP contribution < -0.4 is 10.2 Å². The molecule has 2 aromatic rings. The van der Waals surface area contributed by atoms with Gasteiger partial charge in [-0.15, -0.1) is 0 Å². The van der Waals surface area contributed by atoms with Gasteiger partial charge in [-0.1, -0.05) is 15.9 Å². The Hall–Kier alpha value is -2.45. The van der Waals surface area contributed by atoms with Gasteiger partial charge in [-0.2, -0.15) is 0 Å². The molecule has 0 heterocycles. The van der Waals surface area contributed by atoms with Crippen molar-refractivity contribution in [2.45, 2.75) is 6.92 Å². The molecule has 0 spiro atoms. The molecule has 8 heteroatoms. The summed E-state index contributed by atoms with van der Waals surface area (Å²) < 4.78 is 5.88. The normalized spacial score (nSPS) is 10.5. The summed E-state index contributed by atoms with van der Waals surface area (Å²) in [7, 11) is 3.19. The molecule has 0 bridgehead atoms. The molecule has 1 N–H and O–H groups in total. The van der Waals surface area contributed by atoms with Crippen LogP contribution >= 0.6 is 15.9 Å². The SMILES string of the molecule is COCCNc1ccc(C(=O)N(C)c2ccc(Br)c(C)c2)cc1[N+](=O)[O-]. The molecule has 0 saturated heterocycles. The van der Waals surface area contributed by atoms with Crippen molar-refractivity contribution in [1.29, 1.82) is 0 Å². The van der Waals surface area contributed by atoms with E-state index in [1.165, 1.54) is 11.0 Å². The molecule has 0 aliphatic rings. The number of carbonyl (C=O) groups is 1. The third kappa shape index (κ3) is 4.59. The highest BCUT2D eigenvalue weighted by Crippen LogP contribution is 2.28. The lowest BCUT2D eigenvalue weighted by Crippen LogP contribution is -2.26. The van der Waals surface area contributed by atoms with Gasteiger partial charge in [-0.3, -0.25) is 14.9 Å². The minimum Gasteiger partial charge on any atom is -0.383 e. The van der Waals surface area contributed by atoms with Crippen LogP contribution in [-0.4, -0.2) is 38.1 Å². The highest BCUT2D eigenvalue weighted by molar-refractivity contribution is 9.10. The lowest BCUT2D eigenvalue weighted by Gasteiger charge is -2.18. The van der Waals surface area contributed by atoms with Gasteiger partial charge in [0, 0.05) is 42.5 Å². The van der Waals surface area contributed by atoms with E-state index < -0.39 is 4.92 Å². The summed E-state index contributed by atoms with van der Waals surface area (Å²) in [5.74, 6) is -0.321. The highest BCUT2D eigenvalue weighted by Gasteiger charge is 2.20. The molecule has 0 radical (unpaired) electrons. The number of amides is 1. The Kier molecular flexibility index (Phi) is 6.70. The number of aryl methyl sites for hydroxylation is 1. The first kappa shape index (κ1) is 19.9. The summed E-state index contributed by atoms with van der Waals surface area (Å²) in [6.45, 7) is 2.78. The molecule has 0 atom stereocenters. The fourth-order valence-electron chi connectivity index (χ4n) is 2.40. The quantitative estimate of drug-likeness (QED) is 0.414. The number of nitro benzene ring substituents is 1. The van der Waals surface area contributed by atoms with Crippen molar-refractivity contribution in [3.8, 4) is 0 Å². The summed E-state index contributed by atoms with van der Waals surface area (Å²) in [5, 5.41) is 14.3. The van der Waals surface area contributed by atoms with Crippen molar-refractivity contribution in [2.24, 2.45) is 0 Å². The van der Waals surface area contributed by atoms with E-state index in [9.17, 15) is 14.9 Å². The van der Waals surface area contributed by atoms with Crippen molar-refractivity contribution < 1.29 is 14.5 Å². The van der Waals surface area contributed by atoms with E-state index in [0.717, 1.165) is 10.0 Å². The fourth-order valence-corrected chi connectivity index (χ4v) is 2.65. The zero-order chi connectivity index (χ0) is 19.3. The Balaban J connectivity index is 2.28. The van der Waals surface area contributed by atoms with Gasteiger partial charge in [0.1, 0.15) is 5.69 Å². The molecule has 0 saturated carbocycles. The minimum atomic E-state index is -0.504. The van der Waals surface area contributed by atoms with Gasteiger partial charge in [-0.25, -0.2) is 0 Å². The van der Waals surface area contributed by atoms with Crippen LogP contribution in [0.3, 0.4) is 0 Å². The largest absolute Gasteiger partial charge is 0.383 e. The second-order valence-corrected chi connectivity index (χ2v) is 6.56. The number of anilines is 2. The Bertz CT molecular complexity index is 826. The lowest BCUT2D eigenvalue weighted by molar-refractivity contribution is -0.384. The molecule has 1 amide bonds. The summed E-state index contributed by atoms with van der Waals surface area (Å²) in [4.78, 5) is 25.1. The molecule has 0 aliphatic heterocycles. The van der Waals surface area contributed by atoms with Crippen molar-refractivity contribution in [3.05, 3.63) is 62.1 Å². The number of benzene rings is 2. The predicted molar refractivity (Wildman–Crippen MR) is 105 cm³/mol. The average molecular weight is 422 g/mol. The smallest absolute Gasteiger partial charge is 0.293 e. The standard InChI is InChI=1S/C18H20BrN3O4/c1-12-10-14(5-6-15(12)19)21(2)18(23)13-4-7-16(20-8-9-26-3)17(11-13)22(24)25/h4-7,10-11,20H,8-9H2,1-3H3. The highest BCUT2D eigenvalue weighted by atomic mass is 79.9. The molecular formula is C18H20BrN3O4. The first-order chi connectivity index (χ1) is 12.3. The van der Waals surface area contributed by atoms with Crippen LogP contribution in [0.15, 0.2) is 40.9 Å². The van der Waals surface area contributed by atoms with E-state index >= 15 is 0 Å². The second kappa shape index (κ2) is 8.77. The topological polar surface area (TPSA) is 84.7 Å². The maximum absolute atomic E-state index is 12.7. The summed E-state index contributed by atoms with van der Waals surface area (Å²) in [5.41, 5.74) is 2.15. The van der Waals surface area contributed by atoms with Gasteiger partial charge in [0.2, 0.25) is 0 Å². The van der Waals surface area contributed by atoms with Crippen LogP contribution in [0.1, 0.15) is 15.9 Å².